The van der Waals surface area contributed by atoms with Crippen molar-refractivity contribution in [1.82, 2.24) is 15.2 Å². The van der Waals surface area contributed by atoms with Crippen molar-refractivity contribution in [2.45, 2.75) is 39.8 Å². The van der Waals surface area contributed by atoms with Crippen LogP contribution in [0.1, 0.15) is 35.5 Å². The number of nitrogens with one attached hydrogen (secondary N) is 1. The molecule has 2 rings (SSSR count). The second-order valence-electron chi connectivity index (χ2n) is 5.09. The Hall–Kier alpha value is -0.880. The highest BCUT2D eigenvalue weighted by Gasteiger charge is 2.19. The highest BCUT2D eigenvalue weighted by Crippen LogP contribution is 2.28. The van der Waals surface area contributed by atoms with Crippen molar-refractivity contribution in [2.24, 2.45) is 5.84 Å². The van der Waals surface area contributed by atoms with Crippen LogP contribution in [0, 0.1) is 13.8 Å². The molecule has 0 aliphatic heterocycles. The number of aromatic nitrogens is 2. The number of hydrogen-bond donors (Lipinski definition) is 2. The maximum Gasteiger partial charge on any atom is 0.0847 e. The second-order valence-corrected chi connectivity index (χ2v) is 6.33. The van der Waals surface area contributed by atoms with Crippen LogP contribution in [-0.2, 0) is 13.0 Å². The molecule has 0 amide bonds. The third-order valence-electron chi connectivity index (χ3n) is 3.65. The molecule has 1 aromatic heterocycles. The van der Waals surface area contributed by atoms with E-state index in [1.165, 1.54) is 5.56 Å². The summed E-state index contributed by atoms with van der Waals surface area (Å²) in [4.78, 5) is 0. The smallest absolute Gasteiger partial charge is 0.0847 e. The molecule has 21 heavy (non-hydrogen) atoms. The van der Waals surface area contributed by atoms with Crippen molar-refractivity contribution in [3.05, 3.63) is 50.2 Å². The van der Waals surface area contributed by atoms with E-state index in [1.807, 2.05) is 11.6 Å². The van der Waals surface area contributed by atoms with E-state index < -0.39 is 0 Å². The minimum atomic E-state index is -0.0131. The molecule has 1 unspecified atom stereocenters. The van der Waals surface area contributed by atoms with Crippen LogP contribution < -0.4 is 11.3 Å². The zero-order valence-electron chi connectivity index (χ0n) is 12.5. The number of halogens is 2. The highest BCUT2D eigenvalue weighted by atomic mass is 79.9. The van der Waals surface area contributed by atoms with Gasteiger partial charge in [0.25, 0.3) is 0 Å². The van der Waals surface area contributed by atoms with Gasteiger partial charge in [0.2, 0.25) is 0 Å². The standard InChI is InChI=1S/C15H20BrClN4/c1-4-21-14(15(17)10(3)20-21)8-13(19-18)11-6-5-9(2)12(16)7-11/h5-7,13,19H,4,8,18H2,1-3H3. The predicted octanol–water partition coefficient (Wildman–Crippen LogP) is 3.68. The van der Waals surface area contributed by atoms with Crippen LogP contribution >= 0.6 is 27.5 Å². The summed E-state index contributed by atoms with van der Waals surface area (Å²) in [6.45, 7) is 6.83. The normalized spacial score (nSPS) is 12.7. The minimum absolute atomic E-state index is 0.0131. The van der Waals surface area contributed by atoms with Crippen LogP contribution in [0.5, 0.6) is 0 Å². The number of benzene rings is 1. The number of aryl methyl sites for hydroxylation is 3. The molecule has 0 aliphatic carbocycles. The fraction of sp³-hybridized carbons (Fsp3) is 0.400. The minimum Gasteiger partial charge on any atom is -0.271 e. The molecule has 2 aromatic rings. The summed E-state index contributed by atoms with van der Waals surface area (Å²) in [6.07, 6.45) is 0.694. The number of hydrazine groups is 1. The largest absolute Gasteiger partial charge is 0.271 e. The van der Waals surface area contributed by atoms with E-state index in [4.69, 9.17) is 17.4 Å². The van der Waals surface area contributed by atoms with E-state index in [0.717, 1.165) is 33.0 Å². The van der Waals surface area contributed by atoms with Gasteiger partial charge in [0.15, 0.2) is 0 Å². The first-order chi connectivity index (χ1) is 9.97. The summed E-state index contributed by atoms with van der Waals surface area (Å²) >= 11 is 9.94. The molecule has 1 aromatic carbocycles. The first-order valence-electron chi connectivity index (χ1n) is 6.91. The molecule has 0 saturated heterocycles. The van der Waals surface area contributed by atoms with Crippen LogP contribution in [0.25, 0.3) is 0 Å². The Balaban J connectivity index is 2.33. The molecule has 4 nitrogen and oxygen atoms in total. The lowest BCUT2D eigenvalue weighted by molar-refractivity contribution is 0.517. The van der Waals surface area contributed by atoms with Crippen molar-refractivity contribution in [3.8, 4) is 0 Å². The van der Waals surface area contributed by atoms with Gasteiger partial charge in [-0.05, 0) is 38.0 Å². The average Bonchev–Trinajstić information content (AvgIpc) is 2.75. The quantitative estimate of drug-likeness (QED) is 0.622. The van der Waals surface area contributed by atoms with Gasteiger partial charge in [0, 0.05) is 17.4 Å². The zero-order valence-corrected chi connectivity index (χ0v) is 14.8. The molecule has 0 radical (unpaired) electrons. The molecule has 0 bridgehead atoms. The summed E-state index contributed by atoms with van der Waals surface area (Å²) in [5.74, 6) is 5.75. The Bertz CT molecular complexity index is 639. The topological polar surface area (TPSA) is 55.9 Å². The summed E-state index contributed by atoms with van der Waals surface area (Å²) in [6, 6.07) is 6.24. The van der Waals surface area contributed by atoms with Crippen molar-refractivity contribution in [2.75, 3.05) is 0 Å². The van der Waals surface area contributed by atoms with Crippen LogP contribution in [0.15, 0.2) is 22.7 Å². The van der Waals surface area contributed by atoms with Gasteiger partial charge in [-0.1, -0.05) is 39.7 Å². The van der Waals surface area contributed by atoms with Gasteiger partial charge in [-0.3, -0.25) is 16.0 Å². The number of hydrogen-bond acceptors (Lipinski definition) is 3. The second kappa shape index (κ2) is 6.92. The van der Waals surface area contributed by atoms with Gasteiger partial charge < -0.3 is 0 Å². The molecule has 1 atom stereocenters. The zero-order chi connectivity index (χ0) is 15.6. The Morgan fingerprint density at radius 2 is 2.14 bits per heavy atom. The lowest BCUT2D eigenvalue weighted by Gasteiger charge is -2.18. The Labute approximate surface area is 138 Å². The monoisotopic (exact) mass is 370 g/mol. The van der Waals surface area contributed by atoms with Crippen LogP contribution in [0.2, 0.25) is 5.02 Å². The van der Waals surface area contributed by atoms with Gasteiger partial charge in [-0.15, -0.1) is 0 Å². The van der Waals surface area contributed by atoms with Crippen LogP contribution in [-0.4, -0.2) is 9.78 Å². The van der Waals surface area contributed by atoms with Gasteiger partial charge in [-0.25, -0.2) is 0 Å². The maximum absolute atomic E-state index is 6.38. The Kier molecular flexibility index (Phi) is 5.43. The molecule has 3 N–H and O–H groups in total. The molecule has 1 heterocycles. The van der Waals surface area contributed by atoms with Crippen molar-refractivity contribution >= 4 is 27.5 Å². The molecule has 0 fully saturated rings. The van der Waals surface area contributed by atoms with E-state index in [0.29, 0.717) is 6.42 Å². The van der Waals surface area contributed by atoms with Crippen LogP contribution in [0.3, 0.4) is 0 Å². The lowest BCUT2D eigenvalue weighted by atomic mass is 10.0. The lowest BCUT2D eigenvalue weighted by Crippen LogP contribution is -2.30. The maximum atomic E-state index is 6.38. The number of rotatable bonds is 5. The Morgan fingerprint density at radius 3 is 2.71 bits per heavy atom. The third-order valence-corrected chi connectivity index (χ3v) is 5.00. The van der Waals surface area contributed by atoms with Gasteiger partial charge in [0.1, 0.15) is 0 Å². The van der Waals surface area contributed by atoms with Crippen LogP contribution in [0.4, 0.5) is 0 Å². The third kappa shape index (κ3) is 3.48. The molecule has 0 spiro atoms. The van der Waals surface area contributed by atoms with E-state index >= 15 is 0 Å². The highest BCUT2D eigenvalue weighted by molar-refractivity contribution is 9.10. The van der Waals surface area contributed by atoms with Gasteiger partial charge >= 0.3 is 0 Å². The van der Waals surface area contributed by atoms with Crippen molar-refractivity contribution in [3.63, 3.8) is 0 Å². The van der Waals surface area contributed by atoms with E-state index in [-0.39, 0.29) is 6.04 Å². The van der Waals surface area contributed by atoms with E-state index in [9.17, 15) is 0 Å². The van der Waals surface area contributed by atoms with Crippen molar-refractivity contribution in [1.29, 1.82) is 0 Å². The first-order valence-corrected chi connectivity index (χ1v) is 8.09. The molecule has 6 heteroatoms. The molecular formula is C15H20BrClN4. The van der Waals surface area contributed by atoms with E-state index in [2.05, 4.69) is 58.5 Å². The fourth-order valence-corrected chi connectivity index (χ4v) is 2.97. The Morgan fingerprint density at radius 1 is 1.43 bits per heavy atom. The summed E-state index contributed by atoms with van der Waals surface area (Å²) in [5, 5.41) is 5.17. The molecular weight excluding hydrogens is 352 g/mol. The predicted molar refractivity (Wildman–Crippen MR) is 90.3 cm³/mol. The SMILES string of the molecule is CCn1nc(C)c(Cl)c1CC(NN)c1ccc(C)c(Br)c1. The summed E-state index contributed by atoms with van der Waals surface area (Å²) in [7, 11) is 0. The summed E-state index contributed by atoms with van der Waals surface area (Å²) in [5.41, 5.74) is 7.06. The average molecular weight is 372 g/mol. The molecule has 114 valence electrons. The number of nitrogens with two attached hydrogens (primary N) is 1. The van der Waals surface area contributed by atoms with E-state index in [1.54, 1.807) is 0 Å². The molecule has 0 saturated carbocycles. The number of nitrogens with zero attached hydrogens (tertiary/aromatic N) is 2. The fourth-order valence-electron chi connectivity index (χ4n) is 2.36. The van der Waals surface area contributed by atoms with Crippen molar-refractivity contribution < 1.29 is 0 Å². The first kappa shape index (κ1) is 16.5. The van der Waals surface area contributed by atoms with Gasteiger partial charge in [-0.2, -0.15) is 5.10 Å². The van der Waals surface area contributed by atoms with Gasteiger partial charge in [0.05, 0.1) is 22.5 Å². The molecule has 0 aliphatic rings. The summed E-state index contributed by atoms with van der Waals surface area (Å²) < 4.78 is 3.01.